The second-order valence-corrected chi connectivity index (χ2v) is 5.08. The third-order valence-electron chi connectivity index (χ3n) is 3.64. The summed E-state index contributed by atoms with van der Waals surface area (Å²) in [4.78, 5) is 11.0. The summed E-state index contributed by atoms with van der Waals surface area (Å²) in [7, 11) is 1.39. The number of aryl methyl sites for hydroxylation is 1. The average Bonchev–Trinajstić information content (AvgIpc) is 2.87. The number of fused-ring (bicyclic) bond motifs is 1. The van der Waals surface area contributed by atoms with Crippen LogP contribution in [0.2, 0.25) is 0 Å². The van der Waals surface area contributed by atoms with Crippen LogP contribution in [0.3, 0.4) is 0 Å². The zero-order valence-corrected chi connectivity index (χ0v) is 12.3. The first kappa shape index (κ1) is 14.9. The van der Waals surface area contributed by atoms with Crippen molar-refractivity contribution in [1.82, 2.24) is 5.32 Å². The maximum atomic E-state index is 11.0. The van der Waals surface area contributed by atoms with E-state index in [4.69, 9.17) is 4.74 Å². The van der Waals surface area contributed by atoms with E-state index in [0.29, 0.717) is 12.6 Å². The molecule has 1 aliphatic rings. The van der Waals surface area contributed by atoms with Crippen LogP contribution in [0.15, 0.2) is 18.2 Å². The van der Waals surface area contributed by atoms with Gasteiger partial charge in [-0.15, -0.1) is 0 Å². The highest BCUT2D eigenvalue weighted by molar-refractivity contribution is 5.69. The summed E-state index contributed by atoms with van der Waals surface area (Å²) >= 11 is 0. The topological polar surface area (TPSA) is 47.6 Å². The number of hydrogen-bond acceptors (Lipinski definition) is 4. The molecule has 0 heterocycles. The molecule has 1 atom stereocenters. The second kappa shape index (κ2) is 7.29. The molecule has 2 rings (SSSR count). The predicted octanol–water partition coefficient (Wildman–Crippen LogP) is 2.62. The quantitative estimate of drug-likeness (QED) is 0.778. The number of benzene rings is 1. The molecule has 110 valence electrons. The van der Waals surface area contributed by atoms with Crippen LogP contribution in [0.4, 0.5) is 0 Å². The van der Waals surface area contributed by atoms with E-state index in [1.807, 2.05) is 6.07 Å². The highest BCUT2D eigenvalue weighted by Gasteiger charge is 2.21. The molecule has 0 saturated carbocycles. The van der Waals surface area contributed by atoms with Crippen molar-refractivity contribution in [2.75, 3.05) is 20.3 Å². The Morgan fingerprint density at radius 2 is 2.30 bits per heavy atom. The molecule has 0 spiro atoms. The minimum atomic E-state index is -0.241. The van der Waals surface area contributed by atoms with Crippen LogP contribution in [0.25, 0.3) is 0 Å². The Hall–Kier alpha value is -1.55. The van der Waals surface area contributed by atoms with E-state index in [1.54, 1.807) is 0 Å². The first-order chi connectivity index (χ1) is 9.74. The minimum Gasteiger partial charge on any atom is -0.493 e. The summed E-state index contributed by atoms with van der Waals surface area (Å²) in [6.45, 7) is 3.60. The number of hydrogen-bond donors (Lipinski definition) is 1. The van der Waals surface area contributed by atoms with E-state index >= 15 is 0 Å². The molecular weight excluding hydrogens is 254 g/mol. The molecule has 1 aromatic carbocycles. The molecule has 0 fully saturated rings. The van der Waals surface area contributed by atoms with Gasteiger partial charge in [-0.3, -0.25) is 4.79 Å². The molecule has 0 aliphatic heterocycles. The standard InChI is InChI=1S/C16H23NO3/c1-3-9-17-15-7-4-12-11-13(5-6-14(12)15)20-10-8-16(18)19-2/h5-6,11,15,17H,3-4,7-10H2,1-2H3. The summed E-state index contributed by atoms with van der Waals surface area (Å²) in [6.07, 6.45) is 3.68. The van der Waals surface area contributed by atoms with E-state index in [2.05, 4.69) is 29.1 Å². The highest BCUT2D eigenvalue weighted by Crippen LogP contribution is 2.33. The van der Waals surface area contributed by atoms with Gasteiger partial charge in [0.2, 0.25) is 0 Å². The van der Waals surface area contributed by atoms with Gasteiger partial charge in [-0.25, -0.2) is 0 Å². The van der Waals surface area contributed by atoms with Gasteiger partial charge >= 0.3 is 5.97 Å². The van der Waals surface area contributed by atoms with Crippen LogP contribution in [0.5, 0.6) is 5.75 Å². The van der Waals surface area contributed by atoms with Gasteiger partial charge in [-0.05, 0) is 49.1 Å². The summed E-state index contributed by atoms with van der Waals surface area (Å²) in [5.74, 6) is 0.596. The number of ether oxygens (including phenoxy) is 2. The van der Waals surface area contributed by atoms with Gasteiger partial charge in [0.1, 0.15) is 5.75 Å². The van der Waals surface area contributed by atoms with Crippen molar-refractivity contribution in [2.45, 2.75) is 38.6 Å². The number of nitrogens with one attached hydrogen (secondary N) is 1. The molecule has 1 aliphatic carbocycles. The molecule has 0 bridgehead atoms. The van der Waals surface area contributed by atoms with Crippen LogP contribution in [-0.2, 0) is 16.0 Å². The molecule has 0 aromatic heterocycles. The number of methoxy groups -OCH3 is 1. The Labute approximate surface area is 120 Å². The Balaban J connectivity index is 1.90. The molecule has 1 N–H and O–H groups in total. The predicted molar refractivity (Wildman–Crippen MR) is 77.9 cm³/mol. The zero-order chi connectivity index (χ0) is 14.4. The van der Waals surface area contributed by atoms with Crippen molar-refractivity contribution in [3.63, 3.8) is 0 Å². The number of rotatable bonds is 7. The monoisotopic (exact) mass is 277 g/mol. The minimum absolute atomic E-state index is 0.241. The SMILES string of the molecule is CCCNC1CCc2cc(OCCC(=O)OC)ccc21. The Bertz CT molecular complexity index is 459. The Morgan fingerprint density at radius 3 is 3.05 bits per heavy atom. The Kier molecular flexibility index (Phi) is 5.41. The third-order valence-corrected chi connectivity index (χ3v) is 3.64. The average molecular weight is 277 g/mol. The van der Waals surface area contributed by atoms with Crippen LogP contribution in [0, 0.1) is 0 Å². The van der Waals surface area contributed by atoms with Gasteiger partial charge in [-0.2, -0.15) is 0 Å². The number of carbonyl (C=O) groups is 1. The van der Waals surface area contributed by atoms with Crippen LogP contribution in [-0.4, -0.2) is 26.2 Å². The highest BCUT2D eigenvalue weighted by atomic mass is 16.5. The first-order valence-corrected chi connectivity index (χ1v) is 7.30. The summed E-state index contributed by atoms with van der Waals surface area (Å²) < 4.78 is 10.2. The molecule has 4 nitrogen and oxygen atoms in total. The summed E-state index contributed by atoms with van der Waals surface area (Å²) in [5, 5.41) is 3.57. The molecular formula is C16H23NO3. The van der Waals surface area contributed by atoms with Gasteiger partial charge in [0.05, 0.1) is 20.1 Å². The molecule has 1 unspecified atom stereocenters. The van der Waals surface area contributed by atoms with Crippen LogP contribution < -0.4 is 10.1 Å². The number of carbonyl (C=O) groups excluding carboxylic acids is 1. The Morgan fingerprint density at radius 1 is 1.45 bits per heavy atom. The van der Waals surface area contributed by atoms with Gasteiger partial charge < -0.3 is 14.8 Å². The molecule has 20 heavy (non-hydrogen) atoms. The fourth-order valence-corrected chi connectivity index (χ4v) is 2.57. The maximum Gasteiger partial charge on any atom is 0.308 e. The van der Waals surface area contributed by atoms with Crippen molar-refractivity contribution >= 4 is 5.97 Å². The second-order valence-electron chi connectivity index (χ2n) is 5.08. The third kappa shape index (κ3) is 3.73. The largest absolute Gasteiger partial charge is 0.493 e. The van der Waals surface area contributed by atoms with Gasteiger partial charge in [-0.1, -0.05) is 13.0 Å². The maximum absolute atomic E-state index is 11.0. The molecule has 0 radical (unpaired) electrons. The van der Waals surface area contributed by atoms with Crippen LogP contribution in [0.1, 0.15) is 43.4 Å². The van der Waals surface area contributed by atoms with Crippen LogP contribution >= 0.6 is 0 Å². The van der Waals surface area contributed by atoms with Crippen molar-refractivity contribution in [3.8, 4) is 5.75 Å². The lowest BCUT2D eigenvalue weighted by Gasteiger charge is -2.14. The normalized spacial score (nSPS) is 16.8. The molecule has 0 saturated heterocycles. The van der Waals surface area contributed by atoms with Gasteiger partial charge in [0, 0.05) is 6.04 Å². The zero-order valence-electron chi connectivity index (χ0n) is 12.3. The van der Waals surface area contributed by atoms with E-state index < -0.39 is 0 Å². The number of esters is 1. The lowest BCUT2D eigenvalue weighted by atomic mass is 10.1. The van der Waals surface area contributed by atoms with E-state index in [9.17, 15) is 4.79 Å². The molecule has 0 amide bonds. The van der Waals surface area contributed by atoms with E-state index in [0.717, 1.165) is 31.6 Å². The lowest BCUT2D eigenvalue weighted by Crippen LogP contribution is -2.19. The first-order valence-electron chi connectivity index (χ1n) is 7.30. The van der Waals surface area contributed by atoms with Crippen molar-refractivity contribution in [1.29, 1.82) is 0 Å². The fraction of sp³-hybridized carbons (Fsp3) is 0.562. The lowest BCUT2D eigenvalue weighted by molar-refractivity contribution is -0.141. The van der Waals surface area contributed by atoms with E-state index in [-0.39, 0.29) is 12.4 Å². The fourth-order valence-electron chi connectivity index (χ4n) is 2.57. The molecule has 1 aromatic rings. The van der Waals surface area contributed by atoms with Gasteiger partial charge in [0.15, 0.2) is 0 Å². The molecule has 4 heteroatoms. The smallest absolute Gasteiger partial charge is 0.308 e. The van der Waals surface area contributed by atoms with Gasteiger partial charge in [0.25, 0.3) is 0 Å². The van der Waals surface area contributed by atoms with E-state index in [1.165, 1.54) is 18.2 Å². The van der Waals surface area contributed by atoms with Crippen molar-refractivity contribution < 1.29 is 14.3 Å². The van der Waals surface area contributed by atoms with Crippen molar-refractivity contribution in [3.05, 3.63) is 29.3 Å². The summed E-state index contributed by atoms with van der Waals surface area (Å²) in [6, 6.07) is 6.71. The summed E-state index contributed by atoms with van der Waals surface area (Å²) in [5.41, 5.74) is 2.74. The van der Waals surface area contributed by atoms with Crippen molar-refractivity contribution in [2.24, 2.45) is 0 Å².